The molecule has 0 saturated carbocycles. The van der Waals surface area contributed by atoms with Gasteiger partial charge in [0, 0.05) is 19.4 Å². The number of carbonyl (C=O) groups is 3. The number of carbonyl (C=O) groups excluding carboxylic acids is 3. The molecule has 1 aromatic carbocycles. The number of fused-ring (bicyclic) bond motifs is 1. The quantitative estimate of drug-likeness (QED) is 0.636. The first-order valence-corrected chi connectivity index (χ1v) is 7.78. The Balaban J connectivity index is 0.00000288. The summed E-state index contributed by atoms with van der Waals surface area (Å²) >= 11 is 0. The molecule has 132 valence electrons. The van der Waals surface area contributed by atoms with Gasteiger partial charge in [-0.15, -0.1) is 12.4 Å². The van der Waals surface area contributed by atoms with E-state index in [0.29, 0.717) is 24.5 Å². The van der Waals surface area contributed by atoms with Crippen molar-refractivity contribution in [1.82, 2.24) is 5.32 Å². The van der Waals surface area contributed by atoms with Crippen LogP contribution in [-0.4, -0.2) is 37.4 Å². The molecule has 24 heavy (non-hydrogen) atoms. The number of hydrogen-bond acceptors (Lipinski definition) is 4. The van der Waals surface area contributed by atoms with Crippen LogP contribution >= 0.6 is 12.4 Å². The van der Waals surface area contributed by atoms with Gasteiger partial charge in [-0.25, -0.2) is 0 Å². The van der Waals surface area contributed by atoms with Crippen molar-refractivity contribution in [3.63, 3.8) is 0 Å². The van der Waals surface area contributed by atoms with Crippen LogP contribution in [0.1, 0.15) is 25.7 Å². The minimum absolute atomic E-state index is 0. The number of unbranched alkanes of at least 4 members (excludes halogenated alkanes) is 1. The van der Waals surface area contributed by atoms with E-state index < -0.39 is 0 Å². The molecule has 1 heterocycles. The van der Waals surface area contributed by atoms with Gasteiger partial charge in [-0.1, -0.05) is 12.1 Å². The van der Waals surface area contributed by atoms with Crippen LogP contribution in [0, 0.1) is 0 Å². The van der Waals surface area contributed by atoms with E-state index >= 15 is 0 Å². The zero-order valence-electron chi connectivity index (χ0n) is 13.4. The maximum atomic E-state index is 12.3. The van der Waals surface area contributed by atoms with Crippen LogP contribution in [0.2, 0.25) is 0 Å². The van der Waals surface area contributed by atoms with Crippen molar-refractivity contribution in [3.8, 4) is 0 Å². The first-order valence-electron chi connectivity index (χ1n) is 7.78. The van der Waals surface area contributed by atoms with E-state index in [4.69, 9.17) is 5.73 Å². The van der Waals surface area contributed by atoms with Gasteiger partial charge in [-0.2, -0.15) is 0 Å². The van der Waals surface area contributed by atoms with E-state index in [1.54, 1.807) is 24.3 Å². The molecule has 8 heteroatoms. The van der Waals surface area contributed by atoms with Crippen LogP contribution in [0.15, 0.2) is 24.3 Å². The zero-order valence-corrected chi connectivity index (χ0v) is 14.2. The number of hydrogen-bond donors (Lipinski definition) is 3. The van der Waals surface area contributed by atoms with Gasteiger partial charge in [-0.05, 0) is 31.5 Å². The van der Waals surface area contributed by atoms with Crippen LogP contribution in [0.3, 0.4) is 0 Å². The molecule has 7 nitrogen and oxygen atoms in total. The highest BCUT2D eigenvalue weighted by Crippen LogP contribution is 2.29. The maximum absolute atomic E-state index is 12.3. The third kappa shape index (κ3) is 5.50. The maximum Gasteiger partial charge on any atom is 0.244 e. The molecule has 1 aliphatic heterocycles. The van der Waals surface area contributed by atoms with E-state index in [2.05, 4.69) is 10.6 Å². The Bertz CT molecular complexity index is 594. The normalized spacial score (nSPS) is 12.7. The smallest absolute Gasteiger partial charge is 0.244 e. The van der Waals surface area contributed by atoms with Crippen molar-refractivity contribution < 1.29 is 14.4 Å². The number of nitrogens with two attached hydrogens (primary N) is 1. The number of benzene rings is 1. The summed E-state index contributed by atoms with van der Waals surface area (Å²) in [4.78, 5) is 37.2. The van der Waals surface area contributed by atoms with Crippen LogP contribution < -0.4 is 21.3 Å². The zero-order chi connectivity index (χ0) is 16.7. The Morgan fingerprint density at radius 2 is 1.96 bits per heavy atom. The second-order valence-electron chi connectivity index (χ2n) is 5.39. The van der Waals surface area contributed by atoms with Crippen molar-refractivity contribution >= 4 is 41.5 Å². The highest BCUT2D eigenvalue weighted by atomic mass is 35.5. The predicted octanol–water partition coefficient (Wildman–Crippen LogP) is 1.03. The van der Waals surface area contributed by atoms with Crippen LogP contribution in [-0.2, 0) is 14.4 Å². The summed E-state index contributed by atoms with van der Waals surface area (Å²) in [5.74, 6) is -0.627. The van der Waals surface area contributed by atoms with Gasteiger partial charge in [0.2, 0.25) is 17.7 Å². The molecule has 0 aromatic heterocycles. The van der Waals surface area contributed by atoms with Crippen molar-refractivity contribution in [1.29, 1.82) is 0 Å². The standard InChI is InChI=1S/C16H22N4O3.ClH/c17-9-3-4-10-18-14(21)7-8-16(23)20-11-15(22)19-12-5-1-2-6-13(12)20;/h1-2,5-6H,3-4,7-11,17H2,(H,18,21)(H,19,22);1H. The topological polar surface area (TPSA) is 105 Å². The molecule has 0 unspecified atom stereocenters. The summed E-state index contributed by atoms with van der Waals surface area (Å²) < 4.78 is 0. The van der Waals surface area contributed by atoms with Crippen molar-refractivity contribution in [2.45, 2.75) is 25.7 Å². The molecule has 2 rings (SSSR count). The SMILES string of the molecule is Cl.NCCCCNC(=O)CCC(=O)N1CC(=O)Nc2ccccc21. The van der Waals surface area contributed by atoms with Crippen molar-refractivity contribution in [2.24, 2.45) is 5.73 Å². The van der Waals surface area contributed by atoms with E-state index in [9.17, 15) is 14.4 Å². The molecular formula is C16H23ClN4O3. The second kappa shape index (κ2) is 9.89. The number of amides is 3. The molecule has 0 spiro atoms. The Morgan fingerprint density at radius 3 is 2.71 bits per heavy atom. The fraction of sp³-hybridized carbons (Fsp3) is 0.438. The molecule has 0 saturated heterocycles. The lowest BCUT2D eigenvalue weighted by molar-refractivity contribution is -0.125. The second-order valence-corrected chi connectivity index (χ2v) is 5.39. The Morgan fingerprint density at radius 1 is 1.21 bits per heavy atom. The van der Waals surface area contributed by atoms with Gasteiger partial charge >= 0.3 is 0 Å². The first-order chi connectivity index (χ1) is 11.1. The summed E-state index contributed by atoms with van der Waals surface area (Å²) in [5, 5.41) is 5.49. The van der Waals surface area contributed by atoms with Crippen LogP contribution in [0.5, 0.6) is 0 Å². The molecule has 0 radical (unpaired) electrons. The summed E-state index contributed by atoms with van der Waals surface area (Å²) in [6, 6.07) is 7.12. The largest absolute Gasteiger partial charge is 0.356 e. The molecule has 3 amide bonds. The van der Waals surface area contributed by atoms with E-state index in [0.717, 1.165) is 12.8 Å². The Hall–Kier alpha value is -2.12. The molecule has 1 aromatic rings. The number of halogens is 1. The van der Waals surface area contributed by atoms with Crippen molar-refractivity contribution in [2.75, 3.05) is 29.9 Å². The number of rotatable bonds is 7. The fourth-order valence-corrected chi connectivity index (χ4v) is 2.40. The summed E-state index contributed by atoms with van der Waals surface area (Å²) in [6.45, 7) is 1.15. The molecule has 0 atom stereocenters. The summed E-state index contributed by atoms with van der Waals surface area (Å²) in [6.07, 6.45) is 1.88. The minimum atomic E-state index is -0.233. The fourth-order valence-electron chi connectivity index (χ4n) is 2.40. The van der Waals surface area contributed by atoms with Gasteiger partial charge in [0.05, 0.1) is 11.4 Å². The highest BCUT2D eigenvalue weighted by Gasteiger charge is 2.26. The number of para-hydroxylation sites is 2. The molecule has 0 fully saturated rings. The lowest BCUT2D eigenvalue weighted by Crippen LogP contribution is -2.42. The number of nitrogens with one attached hydrogen (secondary N) is 2. The van der Waals surface area contributed by atoms with E-state index in [1.165, 1.54) is 4.90 Å². The van der Waals surface area contributed by atoms with Gasteiger partial charge in [-0.3, -0.25) is 14.4 Å². The monoisotopic (exact) mass is 354 g/mol. The highest BCUT2D eigenvalue weighted by molar-refractivity contribution is 6.10. The van der Waals surface area contributed by atoms with Crippen LogP contribution in [0.4, 0.5) is 11.4 Å². The molecule has 0 bridgehead atoms. The average molecular weight is 355 g/mol. The molecule has 4 N–H and O–H groups in total. The third-order valence-corrected chi connectivity index (χ3v) is 3.59. The molecular weight excluding hydrogens is 332 g/mol. The minimum Gasteiger partial charge on any atom is -0.356 e. The number of anilines is 2. The van der Waals surface area contributed by atoms with E-state index in [-0.39, 0.29) is 49.5 Å². The lowest BCUT2D eigenvalue weighted by Gasteiger charge is -2.29. The predicted molar refractivity (Wildman–Crippen MR) is 95.2 cm³/mol. The average Bonchev–Trinajstić information content (AvgIpc) is 2.55. The number of nitrogens with zero attached hydrogens (tertiary/aromatic N) is 1. The Kier molecular flexibility index (Phi) is 8.21. The van der Waals surface area contributed by atoms with Gasteiger partial charge < -0.3 is 21.3 Å². The summed E-state index contributed by atoms with van der Waals surface area (Å²) in [5.41, 5.74) is 6.66. The third-order valence-electron chi connectivity index (χ3n) is 3.59. The summed E-state index contributed by atoms with van der Waals surface area (Å²) in [7, 11) is 0. The van der Waals surface area contributed by atoms with Crippen LogP contribution in [0.25, 0.3) is 0 Å². The Labute approximate surface area is 147 Å². The lowest BCUT2D eigenvalue weighted by atomic mass is 10.1. The first kappa shape index (κ1) is 19.9. The van der Waals surface area contributed by atoms with E-state index in [1.807, 2.05) is 0 Å². The van der Waals surface area contributed by atoms with Gasteiger partial charge in [0.15, 0.2) is 0 Å². The van der Waals surface area contributed by atoms with Crippen molar-refractivity contribution in [3.05, 3.63) is 24.3 Å². The molecule has 1 aliphatic rings. The molecule has 0 aliphatic carbocycles. The van der Waals surface area contributed by atoms with Gasteiger partial charge in [0.25, 0.3) is 0 Å². The van der Waals surface area contributed by atoms with Gasteiger partial charge in [0.1, 0.15) is 6.54 Å².